The van der Waals surface area contributed by atoms with Gasteiger partial charge in [-0.05, 0) is 63.1 Å². The van der Waals surface area contributed by atoms with Gasteiger partial charge < -0.3 is 14.7 Å². The number of sulfonamides is 1. The molecule has 0 unspecified atom stereocenters. The number of nitrogens with zero attached hydrogens (tertiary/aromatic N) is 3. The smallest absolute Gasteiger partial charge is 0.247 e. The van der Waals surface area contributed by atoms with E-state index in [0.717, 1.165) is 18.0 Å². The molecule has 1 aromatic heterocycles. The van der Waals surface area contributed by atoms with Crippen LogP contribution in [0, 0.1) is 23.7 Å². The van der Waals surface area contributed by atoms with E-state index >= 15 is 0 Å². The molecule has 0 saturated heterocycles. The topological polar surface area (TPSA) is 83.0 Å². The molecule has 1 aromatic carbocycles. The van der Waals surface area contributed by atoms with E-state index in [-0.39, 0.29) is 30.1 Å². The molecule has 2 heterocycles. The number of pyridine rings is 1. The monoisotopic (exact) mass is 483 g/mol. The highest BCUT2D eigenvalue weighted by Gasteiger charge is 2.38. The van der Waals surface area contributed by atoms with E-state index in [9.17, 15) is 13.5 Å². The van der Waals surface area contributed by atoms with Crippen molar-refractivity contribution in [3.05, 3.63) is 53.9 Å². The number of aromatic nitrogens is 1. The number of aliphatic hydroxyl groups excluding tert-OH is 1. The maximum Gasteiger partial charge on any atom is 0.247 e. The molecule has 4 rings (SSSR count). The molecule has 0 bridgehead atoms. The number of aliphatic hydroxyl groups is 1. The van der Waals surface area contributed by atoms with Crippen molar-refractivity contribution in [1.82, 2.24) is 14.2 Å². The van der Waals surface area contributed by atoms with Crippen LogP contribution in [0.15, 0.2) is 47.6 Å². The van der Waals surface area contributed by atoms with Gasteiger partial charge in [0.2, 0.25) is 10.0 Å². The molecule has 8 heteroatoms. The van der Waals surface area contributed by atoms with Gasteiger partial charge in [0.1, 0.15) is 16.7 Å². The van der Waals surface area contributed by atoms with Crippen LogP contribution in [-0.4, -0.2) is 73.1 Å². The number of fused-ring (bicyclic) bond motifs is 1. The summed E-state index contributed by atoms with van der Waals surface area (Å²) in [5, 5.41) is 9.79. The van der Waals surface area contributed by atoms with E-state index in [4.69, 9.17) is 4.74 Å². The predicted octanol–water partition coefficient (Wildman–Crippen LogP) is 2.59. The molecule has 1 aliphatic heterocycles. The first-order valence-electron chi connectivity index (χ1n) is 11.8. The molecule has 0 spiro atoms. The molecule has 2 aliphatic rings. The Morgan fingerprint density at radius 3 is 2.56 bits per heavy atom. The van der Waals surface area contributed by atoms with Crippen LogP contribution in [0.3, 0.4) is 0 Å². The molecular formula is C26H33N3O4S. The van der Waals surface area contributed by atoms with Gasteiger partial charge in [-0.2, -0.15) is 4.31 Å². The first kappa shape index (κ1) is 24.7. The van der Waals surface area contributed by atoms with Gasteiger partial charge in [0.05, 0.1) is 6.61 Å². The lowest BCUT2D eigenvalue weighted by atomic mass is 10.0. The van der Waals surface area contributed by atoms with Gasteiger partial charge in [-0.1, -0.05) is 18.8 Å². The Labute approximate surface area is 202 Å². The first-order chi connectivity index (χ1) is 16.3. The number of hydrogen-bond acceptors (Lipinski definition) is 6. The fraction of sp³-hybridized carbons (Fsp3) is 0.500. The Balaban J connectivity index is 1.71. The maximum atomic E-state index is 13.6. The highest BCUT2D eigenvalue weighted by atomic mass is 32.2. The second kappa shape index (κ2) is 10.4. The van der Waals surface area contributed by atoms with Crippen molar-refractivity contribution in [3.8, 4) is 17.6 Å². The third-order valence-electron chi connectivity index (χ3n) is 6.46. The van der Waals surface area contributed by atoms with Crippen LogP contribution in [0.4, 0.5) is 0 Å². The summed E-state index contributed by atoms with van der Waals surface area (Å²) in [5.74, 6) is 7.19. The number of ether oxygens (including phenoxy) is 1. The number of benzene rings is 1. The van der Waals surface area contributed by atoms with E-state index in [2.05, 4.69) is 28.8 Å². The molecule has 182 valence electrons. The van der Waals surface area contributed by atoms with Crippen LogP contribution in [-0.2, 0) is 10.0 Å². The first-order valence-corrected chi connectivity index (χ1v) is 13.3. The van der Waals surface area contributed by atoms with Crippen LogP contribution >= 0.6 is 0 Å². The summed E-state index contributed by atoms with van der Waals surface area (Å²) in [6, 6.07) is 8.10. The van der Waals surface area contributed by atoms with Gasteiger partial charge in [0, 0.05) is 55.1 Å². The SMILES string of the molecule is C[C@@H]1CN([C@H](C)CO)S(=O)(=O)c2ccc(C#Cc3ccncc3)cc2O[C@@H]1CN(C)CC1CC1. The van der Waals surface area contributed by atoms with Crippen molar-refractivity contribution in [2.75, 3.05) is 33.3 Å². The van der Waals surface area contributed by atoms with Crippen LogP contribution < -0.4 is 4.74 Å². The average Bonchev–Trinajstić information content (AvgIpc) is 3.64. The summed E-state index contributed by atoms with van der Waals surface area (Å²) < 4.78 is 35.0. The van der Waals surface area contributed by atoms with Crippen LogP contribution in [0.2, 0.25) is 0 Å². The minimum Gasteiger partial charge on any atom is -0.487 e. The van der Waals surface area contributed by atoms with Crippen molar-refractivity contribution in [2.45, 2.75) is 43.7 Å². The Morgan fingerprint density at radius 2 is 1.88 bits per heavy atom. The van der Waals surface area contributed by atoms with Gasteiger partial charge in [-0.15, -0.1) is 0 Å². The molecule has 2 aromatic rings. The van der Waals surface area contributed by atoms with E-state index in [1.165, 1.54) is 17.1 Å². The Kier molecular flexibility index (Phi) is 7.58. The third kappa shape index (κ3) is 5.78. The van der Waals surface area contributed by atoms with Crippen LogP contribution in [0.25, 0.3) is 0 Å². The molecule has 0 amide bonds. The molecule has 1 aliphatic carbocycles. The Hall–Kier alpha value is -2.44. The zero-order valence-electron chi connectivity index (χ0n) is 20.0. The zero-order valence-corrected chi connectivity index (χ0v) is 20.8. The second-order valence-electron chi connectivity index (χ2n) is 9.55. The number of hydrogen-bond donors (Lipinski definition) is 1. The summed E-state index contributed by atoms with van der Waals surface area (Å²) >= 11 is 0. The fourth-order valence-corrected chi connectivity index (χ4v) is 6.05. The minimum absolute atomic E-state index is 0.0647. The van der Waals surface area contributed by atoms with Crippen LogP contribution in [0.1, 0.15) is 37.8 Å². The standard InChI is InChI=1S/C26H33N3O4S/c1-19-15-29(20(2)18-30)34(31,32)26-9-8-22(5-4-21-10-12-27-13-11-21)14-24(26)33-25(19)17-28(3)16-23-6-7-23/h8-14,19-20,23,25,30H,6-7,15-18H2,1-3H3/t19-,20-,25-/m1/s1. The van der Waals surface area contributed by atoms with E-state index in [0.29, 0.717) is 17.9 Å². The quantitative estimate of drug-likeness (QED) is 0.636. The lowest BCUT2D eigenvalue weighted by Crippen LogP contribution is -2.49. The molecule has 34 heavy (non-hydrogen) atoms. The minimum atomic E-state index is -3.85. The highest BCUT2D eigenvalue weighted by molar-refractivity contribution is 7.89. The molecule has 1 saturated carbocycles. The molecule has 7 nitrogen and oxygen atoms in total. The third-order valence-corrected chi connectivity index (χ3v) is 8.48. The van der Waals surface area contributed by atoms with E-state index < -0.39 is 16.1 Å². The summed E-state index contributed by atoms with van der Waals surface area (Å²) in [6.45, 7) is 5.51. The molecular weight excluding hydrogens is 450 g/mol. The Bertz CT molecular complexity index is 1160. The summed E-state index contributed by atoms with van der Waals surface area (Å²) in [4.78, 5) is 6.40. The average molecular weight is 484 g/mol. The van der Waals surface area contributed by atoms with Gasteiger partial charge in [-0.3, -0.25) is 4.98 Å². The molecule has 1 fully saturated rings. The lowest BCUT2D eigenvalue weighted by Gasteiger charge is -2.37. The van der Waals surface area contributed by atoms with Crippen molar-refractivity contribution >= 4 is 10.0 Å². The largest absolute Gasteiger partial charge is 0.487 e. The van der Waals surface area contributed by atoms with Gasteiger partial charge >= 0.3 is 0 Å². The summed E-state index contributed by atoms with van der Waals surface area (Å²) in [5.41, 5.74) is 1.50. The molecule has 3 atom stereocenters. The highest BCUT2D eigenvalue weighted by Crippen LogP contribution is 2.35. The van der Waals surface area contributed by atoms with Gasteiger partial charge in [-0.25, -0.2) is 8.42 Å². The van der Waals surface area contributed by atoms with Crippen molar-refractivity contribution < 1.29 is 18.3 Å². The zero-order chi connectivity index (χ0) is 24.3. The lowest BCUT2D eigenvalue weighted by molar-refractivity contribution is 0.0740. The van der Waals surface area contributed by atoms with Gasteiger partial charge in [0.25, 0.3) is 0 Å². The van der Waals surface area contributed by atoms with Crippen molar-refractivity contribution in [1.29, 1.82) is 0 Å². The van der Waals surface area contributed by atoms with Crippen molar-refractivity contribution in [2.24, 2.45) is 11.8 Å². The van der Waals surface area contributed by atoms with Crippen LogP contribution in [0.5, 0.6) is 5.75 Å². The fourth-order valence-electron chi connectivity index (χ4n) is 4.22. The molecule has 0 radical (unpaired) electrons. The number of rotatable bonds is 6. The summed E-state index contributed by atoms with van der Waals surface area (Å²) in [7, 11) is -1.76. The van der Waals surface area contributed by atoms with E-state index in [1.807, 2.05) is 19.1 Å². The Morgan fingerprint density at radius 1 is 1.18 bits per heavy atom. The molecule has 1 N–H and O–H groups in total. The maximum absolute atomic E-state index is 13.6. The van der Waals surface area contributed by atoms with E-state index in [1.54, 1.807) is 37.5 Å². The summed E-state index contributed by atoms with van der Waals surface area (Å²) in [6.07, 6.45) is 5.71. The normalized spacial score (nSPS) is 23.1. The number of likely N-dealkylation sites (N-methyl/N-ethyl adjacent to an activating group) is 1. The predicted molar refractivity (Wildman–Crippen MR) is 131 cm³/mol. The van der Waals surface area contributed by atoms with Crippen molar-refractivity contribution in [3.63, 3.8) is 0 Å². The second-order valence-corrected chi connectivity index (χ2v) is 11.4. The van der Waals surface area contributed by atoms with Gasteiger partial charge in [0.15, 0.2) is 0 Å².